The third kappa shape index (κ3) is 2.91. The molecule has 4 nitrogen and oxygen atoms in total. The Balaban J connectivity index is 1.61. The Morgan fingerprint density at radius 2 is 1.64 bits per heavy atom. The predicted molar refractivity (Wildman–Crippen MR) is 110 cm³/mol. The number of hydrogen-bond acceptors (Lipinski definition) is 4. The van der Waals surface area contributed by atoms with Crippen LogP contribution < -0.4 is 10.6 Å². The minimum Gasteiger partial charge on any atom is -0.464 e. The van der Waals surface area contributed by atoms with Gasteiger partial charge in [0.1, 0.15) is 17.6 Å². The summed E-state index contributed by atoms with van der Waals surface area (Å²) >= 11 is 0. The lowest BCUT2D eigenvalue weighted by atomic mass is 9.79. The number of aryl methyl sites for hydroxylation is 1. The molecule has 2 atom stereocenters. The Morgan fingerprint density at radius 3 is 2.39 bits per heavy atom. The normalized spacial score (nSPS) is 21.2. The molecule has 3 aromatic rings. The fourth-order valence-corrected chi connectivity index (χ4v) is 4.28. The number of nitrogens with one attached hydrogen (secondary N) is 2. The van der Waals surface area contributed by atoms with E-state index in [1.165, 1.54) is 5.56 Å². The summed E-state index contributed by atoms with van der Waals surface area (Å²) in [7, 11) is 0. The van der Waals surface area contributed by atoms with Crippen LogP contribution in [0.2, 0.25) is 0 Å². The molecule has 1 aliphatic carbocycles. The first-order valence-corrected chi connectivity index (χ1v) is 9.69. The number of hydrogen-bond donors (Lipinski definition) is 2. The van der Waals surface area contributed by atoms with Crippen molar-refractivity contribution < 1.29 is 9.21 Å². The van der Waals surface area contributed by atoms with Gasteiger partial charge < -0.3 is 15.1 Å². The third-order valence-electron chi connectivity index (χ3n) is 5.63. The molecule has 1 aliphatic heterocycles. The van der Waals surface area contributed by atoms with Gasteiger partial charge in [0.15, 0.2) is 5.78 Å². The Labute approximate surface area is 164 Å². The molecule has 0 bridgehead atoms. The Morgan fingerprint density at radius 1 is 0.893 bits per heavy atom. The summed E-state index contributed by atoms with van der Waals surface area (Å²) in [6.07, 6.45) is 1.32. The number of para-hydroxylation sites is 2. The van der Waals surface area contributed by atoms with Crippen LogP contribution in [-0.4, -0.2) is 5.78 Å². The molecular weight excluding hydrogens is 348 g/mol. The van der Waals surface area contributed by atoms with E-state index in [0.29, 0.717) is 6.42 Å². The van der Waals surface area contributed by atoms with Crippen molar-refractivity contribution in [3.8, 4) is 0 Å². The van der Waals surface area contributed by atoms with Crippen molar-refractivity contribution in [2.24, 2.45) is 0 Å². The maximum atomic E-state index is 13.3. The first-order valence-electron chi connectivity index (χ1n) is 9.69. The minimum atomic E-state index is -0.288. The molecule has 28 heavy (non-hydrogen) atoms. The second kappa shape index (κ2) is 6.71. The van der Waals surface area contributed by atoms with Crippen LogP contribution in [-0.2, 0) is 4.79 Å². The van der Waals surface area contributed by atoms with Gasteiger partial charge >= 0.3 is 0 Å². The molecular formula is C24H22N2O2. The van der Waals surface area contributed by atoms with Crippen LogP contribution in [0.4, 0.5) is 11.4 Å². The van der Waals surface area contributed by atoms with Crippen LogP contribution in [0.15, 0.2) is 82.4 Å². The van der Waals surface area contributed by atoms with Crippen molar-refractivity contribution in [1.82, 2.24) is 0 Å². The Hall–Kier alpha value is -3.27. The van der Waals surface area contributed by atoms with Gasteiger partial charge in [-0.25, -0.2) is 0 Å². The van der Waals surface area contributed by atoms with Gasteiger partial charge in [0.25, 0.3) is 0 Å². The number of fused-ring (bicyclic) bond motifs is 1. The van der Waals surface area contributed by atoms with Gasteiger partial charge in [-0.2, -0.15) is 0 Å². The molecule has 0 radical (unpaired) electrons. The SMILES string of the molecule is Cc1ccc([C@@H]2Nc3ccccc3NC3=C2C(=O)C[C@@H](c2ccccc2)C3)o1. The summed E-state index contributed by atoms with van der Waals surface area (Å²) in [5, 5.41) is 7.09. The van der Waals surface area contributed by atoms with E-state index in [1.54, 1.807) is 0 Å². The molecule has 0 unspecified atom stereocenters. The molecule has 2 heterocycles. The first-order chi connectivity index (χ1) is 13.7. The number of ketones is 1. The molecule has 1 aromatic heterocycles. The summed E-state index contributed by atoms with van der Waals surface area (Å²) in [5.41, 5.74) is 4.95. The Bertz CT molecular complexity index is 1060. The van der Waals surface area contributed by atoms with E-state index in [9.17, 15) is 4.79 Å². The third-order valence-corrected chi connectivity index (χ3v) is 5.63. The van der Waals surface area contributed by atoms with E-state index >= 15 is 0 Å². The van der Waals surface area contributed by atoms with Gasteiger partial charge in [-0.1, -0.05) is 42.5 Å². The Kier molecular flexibility index (Phi) is 4.05. The summed E-state index contributed by atoms with van der Waals surface area (Å²) in [5.74, 6) is 1.97. The number of carbonyl (C=O) groups is 1. The van der Waals surface area contributed by atoms with Crippen molar-refractivity contribution in [2.75, 3.05) is 10.6 Å². The van der Waals surface area contributed by atoms with Crippen LogP contribution in [0.3, 0.4) is 0 Å². The highest BCUT2D eigenvalue weighted by Crippen LogP contribution is 2.44. The lowest BCUT2D eigenvalue weighted by Gasteiger charge is -2.29. The average Bonchev–Trinajstić information content (AvgIpc) is 3.06. The van der Waals surface area contributed by atoms with Crippen molar-refractivity contribution >= 4 is 17.2 Å². The highest BCUT2D eigenvalue weighted by molar-refractivity contribution is 6.01. The number of Topliss-reactive ketones (excluding diaryl/α,β-unsaturated/α-hetero) is 1. The number of furan rings is 1. The van der Waals surface area contributed by atoms with Gasteiger partial charge in [-0.05, 0) is 49.1 Å². The minimum absolute atomic E-state index is 0.168. The van der Waals surface area contributed by atoms with Crippen molar-refractivity contribution in [2.45, 2.75) is 31.7 Å². The molecule has 4 heteroatoms. The van der Waals surface area contributed by atoms with E-state index in [0.717, 1.165) is 40.6 Å². The number of allylic oxidation sites excluding steroid dienone is 1. The van der Waals surface area contributed by atoms with Gasteiger partial charge in [0.2, 0.25) is 0 Å². The van der Waals surface area contributed by atoms with Crippen LogP contribution in [0.1, 0.15) is 41.9 Å². The van der Waals surface area contributed by atoms with Crippen LogP contribution in [0, 0.1) is 6.92 Å². The quantitative estimate of drug-likeness (QED) is 0.619. The zero-order valence-corrected chi connectivity index (χ0v) is 15.7. The lowest BCUT2D eigenvalue weighted by Crippen LogP contribution is -2.26. The highest BCUT2D eigenvalue weighted by Gasteiger charge is 2.37. The molecule has 5 rings (SSSR count). The van der Waals surface area contributed by atoms with E-state index in [-0.39, 0.29) is 17.7 Å². The predicted octanol–water partition coefficient (Wildman–Crippen LogP) is 5.57. The smallest absolute Gasteiger partial charge is 0.163 e. The van der Waals surface area contributed by atoms with Crippen molar-refractivity contribution in [3.05, 3.63) is 95.1 Å². The molecule has 0 amide bonds. The van der Waals surface area contributed by atoms with Gasteiger partial charge in [0, 0.05) is 17.7 Å². The van der Waals surface area contributed by atoms with Crippen molar-refractivity contribution in [1.29, 1.82) is 0 Å². The van der Waals surface area contributed by atoms with E-state index in [4.69, 9.17) is 4.42 Å². The van der Waals surface area contributed by atoms with Crippen LogP contribution in [0.25, 0.3) is 0 Å². The lowest BCUT2D eigenvalue weighted by molar-refractivity contribution is -0.116. The summed E-state index contributed by atoms with van der Waals surface area (Å²) in [6.45, 7) is 1.93. The van der Waals surface area contributed by atoms with E-state index < -0.39 is 0 Å². The average molecular weight is 370 g/mol. The number of benzene rings is 2. The second-order valence-corrected chi connectivity index (χ2v) is 7.53. The number of rotatable bonds is 2. The molecule has 2 aliphatic rings. The maximum absolute atomic E-state index is 13.3. The fourth-order valence-electron chi connectivity index (χ4n) is 4.28. The van der Waals surface area contributed by atoms with Gasteiger partial charge in [0.05, 0.1) is 11.4 Å². The molecule has 2 N–H and O–H groups in total. The van der Waals surface area contributed by atoms with Crippen LogP contribution in [0.5, 0.6) is 0 Å². The molecule has 2 aromatic carbocycles. The molecule has 140 valence electrons. The zero-order chi connectivity index (χ0) is 19.1. The van der Waals surface area contributed by atoms with Gasteiger partial charge in [-0.3, -0.25) is 4.79 Å². The maximum Gasteiger partial charge on any atom is 0.163 e. The standard InChI is InChI=1S/C24H22N2O2/c1-15-11-12-22(28-15)24-23-20(25-18-9-5-6-10-19(18)26-24)13-17(14-21(23)27)16-7-3-2-4-8-16/h2-12,17,24-26H,13-14H2,1H3/t17-,24-/m0/s1. The van der Waals surface area contributed by atoms with Crippen LogP contribution >= 0.6 is 0 Å². The topological polar surface area (TPSA) is 54.3 Å². The number of anilines is 2. The first kappa shape index (κ1) is 16.9. The molecule has 0 saturated carbocycles. The van der Waals surface area contributed by atoms with E-state index in [1.807, 2.05) is 61.5 Å². The summed E-state index contributed by atoms with van der Waals surface area (Å²) < 4.78 is 5.93. The number of carbonyl (C=O) groups excluding carboxylic acids is 1. The largest absolute Gasteiger partial charge is 0.464 e. The fraction of sp³-hybridized carbons (Fsp3) is 0.208. The molecule has 0 fully saturated rings. The summed E-state index contributed by atoms with van der Waals surface area (Å²) in [6, 6.07) is 22.0. The monoisotopic (exact) mass is 370 g/mol. The zero-order valence-electron chi connectivity index (χ0n) is 15.7. The van der Waals surface area contributed by atoms with E-state index in [2.05, 4.69) is 22.8 Å². The second-order valence-electron chi connectivity index (χ2n) is 7.53. The molecule has 0 spiro atoms. The highest BCUT2D eigenvalue weighted by atomic mass is 16.3. The van der Waals surface area contributed by atoms with Gasteiger partial charge in [-0.15, -0.1) is 0 Å². The molecule has 0 saturated heterocycles. The summed E-state index contributed by atoms with van der Waals surface area (Å²) in [4.78, 5) is 13.3. The van der Waals surface area contributed by atoms with Crippen molar-refractivity contribution in [3.63, 3.8) is 0 Å².